The number of amides is 1. The molecule has 1 rings (SSSR count). The second-order valence-corrected chi connectivity index (χ2v) is 6.22. The van der Waals surface area contributed by atoms with Gasteiger partial charge in [0.25, 0.3) is 0 Å². The number of aliphatic carboxylic acids is 1. The molecule has 0 aromatic rings. The summed E-state index contributed by atoms with van der Waals surface area (Å²) in [6.07, 6.45) is 1.71. The number of likely N-dealkylation sites (tertiary alicyclic amines) is 1. The molecule has 18 heavy (non-hydrogen) atoms. The van der Waals surface area contributed by atoms with Crippen LogP contribution >= 0.6 is 0 Å². The van der Waals surface area contributed by atoms with Crippen molar-refractivity contribution in [1.29, 1.82) is 0 Å². The summed E-state index contributed by atoms with van der Waals surface area (Å²) < 4.78 is 0. The summed E-state index contributed by atoms with van der Waals surface area (Å²) in [5.74, 6) is -0.483. The van der Waals surface area contributed by atoms with E-state index in [-0.39, 0.29) is 17.7 Å². The number of carboxylic acids is 1. The van der Waals surface area contributed by atoms with Gasteiger partial charge in [-0.1, -0.05) is 20.8 Å². The first-order chi connectivity index (χ1) is 8.21. The lowest BCUT2D eigenvalue weighted by Crippen LogP contribution is -2.49. The highest BCUT2D eigenvalue weighted by atomic mass is 16.4. The number of nitrogens with two attached hydrogens (primary N) is 1. The Balaban J connectivity index is 2.46. The van der Waals surface area contributed by atoms with Crippen molar-refractivity contribution in [2.75, 3.05) is 13.1 Å². The second-order valence-electron chi connectivity index (χ2n) is 6.22. The summed E-state index contributed by atoms with van der Waals surface area (Å²) in [5.41, 5.74) is 5.72. The predicted molar refractivity (Wildman–Crippen MR) is 69.0 cm³/mol. The van der Waals surface area contributed by atoms with Crippen LogP contribution in [-0.2, 0) is 9.59 Å². The molecule has 5 nitrogen and oxygen atoms in total. The van der Waals surface area contributed by atoms with Crippen LogP contribution in [0.15, 0.2) is 0 Å². The van der Waals surface area contributed by atoms with Crippen LogP contribution in [-0.4, -0.2) is 41.0 Å². The van der Waals surface area contributed by atoms with Crippen LogP contribution in [0.5, 0.6) is 0 Å². The van der Waals surface area contributed by atoms with Crippen LogP contribution in [0.1, 0.15) is 40.0 Å². The zero-order valence-electron chi connectivity index (χ0n) is 11.5. The molecule has 1 saturated heterocycles. The fraction of sp³-hybridized carbons (Fsp3) is 0.846. The van der Waals surface area contributed by atoms with Crippen molar-refractivity contribution in [1.82, 2.24) is 4.90 Å². The first kappa shape index (κ1) is 15.0. The van der Waals surface area contributed by atoms with Crippen molar-refractivity contribution >= 4 is 11.9 Å². The smallest absolute Gasteiger partial charge is 0.303 e. The average molecular weight is 256 g/mol. The molecule has 2 atom stereocenters. The summed E-state index contributed by atoms with van der Waals surface area (Å²) >= 11 is 0. The van der Waals surface area contributed by atoms with Crippen molar-refractivity contribution in [2.24, 2.45) is 17.1 Å². The van der Waals surface area contributed by atoms with E-state index in [2.05, 4.69) is 0 Å². The maximum absolute atomic E-state index is 12.2. The van der Waals surface area contributed by atoms with Crippen LogP contribution in [0.2, 0.25) is 0 Å². The molecule has 0 saturated carbocycles. The van der Waals surface area contributed by atoms with E-state index in [1.54, 1.807) is 4.90 Å². The molecule has 0 aromatic carbocycles. The van der Waals surface area contributed by atoms with Gasteiger partial charge in [-0.2, -0.15) is 0 Å². The van der Waals surface area contributed by atoms with Crippen LogP contribution in [0.4, 0.5) is 0 Å². The van der Waals surface area contributed by atoms with Gasteiger partial charge in [-0.05, 0) is 24.2 Å². The lowest BCUT2D eigenvalue weighted by Gasteiger charge is -2.30. The molecule has 0 aliphatic carbocycles. The number of carboxylic acid groups (broad SMARTS) is 1. The third-order valence-corrected chi connectivity index (χ3v) is 3.56. The first-order valence-corrected chi connectivity index (χ1v) is 6.48. The molecule has 104 valence electrons. The minimum atomic E-state index is -0.772. The van der Waals surface area contributed by atoms with Crippen LogP contribution < -0.4 is 5.73 Å². The van der Waals surface area contributed by atoms with Gasteiger partial charge in [-0.15, -0.1) is 0 Å². The zero-order valence-corrected chi connectivity index (χ0v) is 11.5. The van der Waals surface area contributed by atoms with E-state index in [1.165, 1.54) is 0 Å². The Morgan fingerprint density at radius 3 is 2.56 bits per heavy atom. The van der Waals surface area contributed by atoms with E-state index < -0.39 is 12.0 Å². The molecule has 1 fully saturated rings. The van der Waals surface area contributed by atoms with Gasteiger partial charge in [-0.25, -0.2) is 0 Å². The molecule has 1 aliphatic heterocycles. The Labute approximate surface area is 108 Å². The maximum Gasteiger partial charge on any atom is 0.303 e. The minimum absolute atomic E-state index is 0.0136. The number of hydrogen-bond acceptors (Lipinski definition) is 3. The Hall–Kier alpha value is -1.10. The summed E-state index contributed by atoms with van der Waals surface area (Å²) in [5, 5.41) is 8.64. The minimum Gasteiger partial charge on any atom is -0.481 e. The van der Waals surface area contributed by atoms with E-state index in [1.807, 2.05) is 20.8 Å². The molecule has 1 unspecified atom stereocenters. The molecule has 0 spiro atoms. The SMILES string of the molecule is CC(C)(C)[C@@H](N)C(=O)N1CCC(CCC(=O)O)C1. The molecular weight excluding hydrogens is 232 g/mol. The van der Waals surface area contributed by atoms with Gasteiger partial charge in [0.1, 0.15) is 0 Å². The quantitative estimate of drug-likeness (QED) is 0.788. The highest BCUT2D eigenvalue weighted by molar-refractivity contribution is 5.82. The van der Waals surface area contributed by atoms with Crippen LogP contribution in [0.3, 0.4) is 0 Å². The normalized spacial score (nSPS) is 22.0. The van der Waals surface area contributed by atoms with E-state index in [0.717, 1.165) is 6.42 Å². The van der Waals surface area contributed by atoms with Gasteiger partial charge in [0.15, 0.2) is 0 Å². The number of nitrogens with zero attached hydrogens (tertiary/aromatic N) is 1. The standard InChI is InChI=1S/C13H24N2O3/c1-13(2,3)11(14)12(18)15-7-6-9(8-15)4-5-10(16)17/h9,11H,4-8,14H2,1-3H3,(H,16,17)/t9?,11-/m0/s1. The number of hydrogen-bond donors (Lipinski definition) is 2. The van der Waals surface area contributed by atoms with E-state index in [4.69, 9.17) is 10.8 Å². The van der Waals surface area contributed by atoms with Gasteiger partial charge in [-0.3, -0.25) is 9.59 Å². The summed E-state index contributed by atoms with van der Waals surface area (Å²) in [7, 11) is 0. The third-order valence-electron chi connectivity index (χ3n) is 3.56. The molecule has 1 heterocycles. The topological polar surface area (TPSA) is 83.6 Å². The Kier molecular flexibility index (Phi) is 4.73. The van der Waals surface area contributed by atoms with E-state index in [9.17, 15) is 9.59 Å². The first-order valence-electron chi connectivity index (χ1n) is 6.48. The van der Waals surface area contributed by atoms with Crippen molar-refractivity contribution < 1.29 is 14.7 Å². The highest BCUT2D eigenvalue weighted by Crippen LogP contribution is 2.25. The van der Waals surface area contributed by atoms with Gasteiger partial charge >= 0.3 is 5.97 Å². The second kappa shape index (κ2) is 5.69. The lowest BCUT2D eigenvalue weighted by molar-refractivity contribution is -0.137. The van der Waals surface area contributed by atoms with Crippen LogP contribution in [0, 0.1) is 11.3 Å². The molecule has 0 radical (unpaired) electrons. The Morgan fingerprint density at radius 2 is 2.06 bits per heavy atom. The molecule has 0 bridgehead atoms. The highest BCUT2D eigenvalue weighted by Gasteiger charge is 2.34. The van der Waals surface area contributed by atoms with E-state index in [0.29, 0.717) is 25.4 Å². The largest absolute Gasteiger partial charge is 0.481 e. The summed E-state index contributed by atoms with van der Waals surface area (Å²) in [6, 6.07) is -0.490. The number of carbonyl (C=O) groups excluding carboxylic acids is 1. The predicted octanol–water partition coefficient (Wildman–Crippen LogP) is 1.07. The molecule has 0 aromatic heterocycles. The van der Waals surface area contributed by atoms with Crippen LogP contribution in [0.25, 0.3) is 0 Å². The van der Waals surface area contributed by atoms with Crippen molar-refractivity contribution in [3.05, 3.63) is 0 Å². The number of rotatable bonds is 4. The Morgan fingerprint density at radius 1 is 1.44 bits per heavy atom. The van der Waals surface area contributed by atoms with Crippen molar-refractivity contribution in [2.45, 2.75) is 46.1 Å². The molecule has 1 aliphatic rings. The average Bonchev–Trinajstić information content (AvgIpc) is 2.71. The monoisotopic (exact) mass is 256 g/mol. The van der Waals surface area contributed by atoms with Gasteiger partial charge in [0.05, 0.1) is 6.04 Å². The van der Waals surface area contributed by atoms with Gasteiger partial charge < -0.3 is 15.7 Å². The molecular formula is C13H24N2O3. The Bertz CT molecular complexity index is 323. The summed E-state index contributed by atoms with van der Waals surface area (Å²) in [4.78, 5) is 24.5. The fourth-order valence-electron chi connectivity index (χ4n) is 2.16. The van der Waals surface area contributed by atoms with Gasteiger partial charge in [0, 0.05) is 19.5 Å². The number of carbonyl (C=O) groups is 2. The van der Waals surface area contributed by atoms with Gasteiger partial charge in [0.2, 0.25) is 5.91 Å². The zero-order chi connectivity index (χ0) is 13.9. The molecule has 3 N–H and O–H groups in total. The van der Waals surface area contributed by atoms with Crippen molar-refractivity contribution in [3.8, 4) is 0 Å². The summed E-state index contributed by atoms with van der Waals surface area (Å²) in [6.45, 7) is 7.21. The lowest BCUT2D eigenvalue weighted by atomic mass is 9.86. The molecule has 5 heteroatoms. The maximum atomic E-state index is 12.2. The third kappa shape index (κ3) is 3.98. The molecule has 1 amide bonds. The van der Waals surface area contributed by atoms with Crippen molar-refractivity contribution in [3.63, 3.8) is 0 Å². The van der Waals surface area contributed by atoms with E-state index >= 15 is 0 Å². The fourth-order valence-corrected chi connectivity index (χ4v) is 2.16.